The molecule has 0 bridgehead atoms. The Labute approximate surface area is 214 Å². The molecule has 3 aromatic rings. The fourth-order valence-electron chi connectivity index (χ4n) is 3.54. The molecule has 8 heteroatoms. The van der Waals surface area contributed by atoms with Gasteiger partial charge in [-0.3, -0.25) is 9.59 Å². The number of hydrogen-bond donors (Lipinski definition) is 1. The van der Waals surface area contributed by atoms with Crippen molar-refractivity contribution in [2.75, 3.05) is 13.2 Å². The van der Waals surface area contributed by atoms with Crippen LogP contribution < -0.4 is 10.1 Å². The predicted molar refractivity (Wildman–Crippen MR) is 136 cm³/mol. The first kappa shape index (κ1) is 26.5. The smallest absolute Gasteiger partial charge is 0.261 e. The molecule has 0 aliphatic rings. The predicted octanol–water partition coefficient (Wildman–Crippen LogP) is 5.68. The fourth-order valence-corrected chi connectivity index (χ4v) is 4.01. The SMILES string of the molecule is CCCNC(=O)[C@@H](Cc1ccccc1)N(Cc1ccccc1F)C(=O)COc1ccc(Cl)cc1Cl. The topological polar surface area (TPSA) is 58.6 Å². The zero-order valence-corrected chi connectivity index (χ0v) is 20.9. The third-order valence-corrected chi connectivity index (χ3v) is 5.89. The van der Waals surface area contributed by atoms with Crippen molar-refractivity contribution in [3.05, 3.63) is 99.8 Å². The Balaban J connectivity index is 1.91. The second-order valence-electron chi connectivity index (χ2n) is 7.97. The Morgan fingerprint density at radius 3 is 2.43 bits per heavy atom. The Morgan fingerprint density at radius 2 is 1.74 bits per heavy atom. The zero-order chi connectivity index (χ0) is 25.2. The van der Waals surface area contributed by atoms with Gasteiger partial charge in [-0.15, -0.1) is 0 Å². The number of nitrogens with zero attached hydrogens (tertiary/aromatic N) is 1. The van der Waals surface area contributed by atoms with Crippen LogP contribution in [0.15, 0.2) is 72.8 Å². The van der Waals surface area contributed by atoms with E-state index < -0.39 is 17.8 Å². The molecule has 0 unspecified atom stereocenters. The van der Waals surface area contributed by atoms with Crippen molar-refractivity contribution in [1.82, 2.24) is 10.2 Å². The summed E-state index contributed by atoms with van der Waals surface area (Å²) in [4.78, 5) is 28.0. The zero-order valence-electron chi connectivity index (χ0n) is 19.3. The highest BCUT2D eigenvalue weighted by molar-refractivity contribution is 6.35. The van der Waals surface area contributed by atoms with Crippen molar-refractivity contribution >= 4 is 35.0 Å². The van der Waals surface area contributed by atoms with E-state index in [-0.39, 0.29) is 36.3 Å². The van der Waals surface area contributed by atoms with Crippen LogP contribution in [0.3, 0.4) is 0 Å². The van der Waals surface area contributed by atoms with Crippen molar-refractivity contribution in [1.29, 1.82) is 0 Å². The number of hydrogen-bond acceptors (Lipinski definition) is 3. The maximum absolute atomic E-state index is 14.5. The van der Waals surface area contributed by atoms with Gasteiger partial charge >= 0.3 is 0 Å². The molecule has 0 spiro atoms. The number of rotatable bonds is 11. The van der Waals surface area contributed by atoms with Crippen LogP contribution in [0.5, 0.6) is 5.75 Å². The van der Waals surface area contributed by atoms with Crippen LogP contribution in [0.4, 0.5) is 4.39 Å². The van der Waals surface area contributed by atoms with Gasteiger partial charge in [0.2, 0.25) is 5.91 Å². The van der Waals surface area contributed by atoms with E-state index in [1.807, 2.05) is 37.3 Å². The highest BCUT2D eigenvalue weighted by Gasteiger charge is 2.31. The number of carbonyl (C=O) groups is 2. The first-order valence-electron chi connectivity index (χ1n) is 11.3. The standard InChI is InChI=1S/C27H27Cl2FN2O3/c1-2-14-31-27(34)24(15-19-8-4-3-5-9-19)32(17-20-10-6-7-11-23(20)30)26(33)18-35-25-13-12-21(28)16-22(25)29/h3-13,16,24H,2,14-15,17-18H2,1H3,(H,31,34)/t24-/m1/s1. The molecular weight excluding hydrogens is 490 g/mol. The maximum Gasteiger partial charge on any atom is 0.261 e. The lowest BCUT2D eigenvalue weighted by Gasteiger charge is -2.31. The summed E-state index contributed by atoms with van der Waals surface area (Å²) in [5.41, 5.74) is 1.17. The van der Waals surface area contributed by atoms with Crippen LogP contribution in [0, 0.1) is 5.82 Å². The van der Waals surface area contributed by atoms with Crippen LogP contribution in [0.2, 0.25) is 10.0 Å². The lowest BCUT2D eigenvalue weighted by atomic mass is 10.0. The van der Waals surface area contributed by atoms with Crippen LogP contribution >= 0.6 is 23.2 Å². The summed E-state index contributed by atoms with van der Waals surface area (Å²) in [7, 11) is 0. The lowest BCUT2D eigenvalue weighted by Crippen LogP contribution is -2.52. The summed E-state index contributed by atoms with van der Waals surface area (Å²) in [6.45, 7) is 1.92. The van der Waals surface area contributed by atoms with Gasteiger partial charge in [0.05, 0.1) is 5.02 Å². The average molecular weight is 517 g/mol. The summed E-state index contributed by atoms with van der Waals surface area (Å²) in [6.07, 6.45) is 1.00. The Hall–Kier alpha value is -3.09. The minimum Gasteiger partial charge on any atom is -0.482 e. The number of carbonyl (C=O) groups excluding carboxylic acids is 2. The van der Waals surface area contributed by atoms with Gasteiger partial charge in [-0.05, 0) is 36.2 Å². The van der Waals surface area contributed by atoms with Gasteiger partial charge in [0, 0.05) is 30.1 Å². The molecule has 0 aliphatic carbocycles. The average Bonchev–Trinajstić information content (AvgIpc) is 2.85. The lowest BCUT2D eigenvalue weighted by molar-refractivity contribution is -0.142. The summed E-state index contributed by atoms with van der Waals surface area (Å²) < 4.78 is 20.2. The molecule has 0 saturated carbocycles. The molecule has 0 radical (unpaired) electrons. The van der Waals surface area contributed by atoms with E-state index in [0.717, 1.165) is 12.0 Å². The van der Waals surface area contributed by atoms with E-state index in [2.05, 4.69) is 5.32 Å². The van der Waals surface area contributed by atoms with Gasteiger partial charge in [-0.2, -0.15) is 0 Å². The van der Waals surface area contributed by atoms with Crippen molar-refractivity contribution in [2.24, 2.45) is 0 Å². The van der Waals surface area contributed by atoms with Crippen molar-refractivity contribution < 1.29 is 18.7 Å². The molecule has 0 heterocycles. The summed E-state index contributed by atoms with van der Waals surface area (Å²) in [5.74, 6) is -0.971. The van der Waals surface area contributed by atoms with Crippen LogP contribution in [0.25, 0.3) is 0 Å². The van der Waals surface area contributed by atoms with Gasteiger partial charge in [0.15, 0.2) is 6.61 Å². The van der Waals surface area contributed by atoms with Crippen molar-refractivity contribution in [3.8, 4) is 5.75 Å². The first-order chi connectivity index (χ1) is 16.9. The molecule has 0 saturated heterocycles. The molecule has 1 N–H and O–H groups in total. The quantitative estimate of drug-likeness (QED) is 0.356. The van der Waals surface area contributed by atoms with E-state index in [0.29, 0.717) is 17.1 Å². The molecule has 2 amide bonds. The van der Waals surface area contributed by atoms with Crippen molar-refractivity contribution in [2.45, 2.75) is 32.4 Å². The number of amides is 2. The minimum absolute atomic E-state index is 0.0970. The third-order valence-electron chi connectivity index (χ3n) is 5.36. The second kappa shape index (κ2) is 13.1. The first-order valence-corrected chi connectivity index (χ1v) is 12.1. The Morgan fingerprint density at radius 1 is 1.03 bits per heavy atom. The maximum atomic E-state index is 14.5. The van der Waals surface area contributed by atoms with Crippen molar-refractivity contribution in [3.63, 3.8) is 0 Å². The molecule has 0 fully saturated rings. The fraction of sp³-hybridized carbons (Fsp3) is 0.259. The second-order valence-corrected chi connectivity index (χ2v) is 8.82. The molecule has 5 nitrogen and oxygen atoms in total. The largest absolute Gasteiger partial charge is 0.482 e. The van der Waals surface area contributed by atoms with E-state index in [9.17, 15) is 14.0 Å². The van der Waals surface area contributed by atoms with E-state index in [1.54, 1.807) is 30.3 Å². The monoisotopic (exact) mass is 516 g/mol. The number of halogens is 3. The van der Waals surface area contributed by atoms with E-state index >= 15 is 0 Å². The Bertz CT molecular complexity index is 1140. The molecular formula is C27H27Cl2FN2O3. The normalized spacial score (nSPS) is 11.5. The van der Waals surface area contributed by atoms with Crippen LogP contribution in [-0.2, 0) is 22.6 Å². The summed E-state index contributed by atoms with van der Waals surface area (Å²) in [6, 6.07) is 19.4. The van der Waals surface area contributed by atoms with Gasteiger partial charge in [-0.1, -0.05) is 78.7 Å². The molecule has 35 heavy (non-hydrogen) atoms. The van der Waals surface area contributed by atoms with Gasteiger partial charge in [0.1, 0.15) is 17.6 Å². The highest BCUT2D eigenvalue weighted by atomic mass is 35.5. The van der Waals surface area contributed by atoms with Gasteiger partial charge in [-0.25, -0.2) is 4.39 Å². The summed E-state index contributed by atoms with van der Waals surface area (Å²) in [5, 5.41) is 3.57. The molecule has 184 valence electrons. The highest BCUT2D eigenvalue weighted by Crippen LogP contribution is 2.27. The van der Waals surface area contributed by atoms with Crippen LogP contribution in [0.1, 0.15) is 24.5 Å². The molecule has 0 aliphatic heterocycles. The Kier molecular flexibility index (Phi) is 9.94. The number of benzene rings is 3. The molecule has 3 rings (SSSR count). The molecule has 0 aromatic heterocycles. The minimum atomic E-state index is -0.875. The number of ether oxygens (including phenoxy) is 1. The number of nitrogens with one attached hydrogen (secondary N) is 1. The van der Waals surface area contributed by atoms with Gasteiger partial charge < -0.3 is 15.0 Å². The molecule has 1 atom stereocenters. The third kappa shape index (κ3) is 7.70. The van der Waals surface area contributed by atoms with Crippen LogP contribution in [-0.4, -0.2) is 35.9 Å². The van der Waals surface area contributed by atoms with E-state index in [4.69, 9.17) is 27.9 Å². The van der Waals surface area contributed by atoms with E-state index in [1.165, 1.54) is 17.0 Å². The summed E-state index contributed by atoms with van der Waals surface area (Å²) >= 11 is 12.1. The molecule has 3 aromatic carbocycles. The van der Waals surface area contributed by atoms with Gasteiger partial charge in [0.25, 0.3) is 5.91 Å².